The molecule has 0 aromatic rings. The lowest BCUT2D eigenvalue weighted by Gasteiger charge is -2.46. The van der Waals surface area contributed by atoms with Gasteiger partial charge in [0.2, 0.25) is 0 Å². The van der Waals surface area contributed by atoms with Gasteiger partial charge in [0.1, 0.15) is 0 Å². The summed E-state index contributed by atoms with van der Waals surface area (Å²) in [5.41, 5.74) is 0.468. The van der Waals surface area contributed by atoms with E-state index in [1.165, 1.54) is 0 Å². The molecule has 1 saturated carbocycles. The second kappa shape index (κ2) is 4.30. The Morgan fingerprint density at radius 2 is 2.18 bits per heavy atom. The maximum atomic E-state index is 10.9. The topological polar surface area (TPSA) is 57.5 Å². The zero-order valence-corrected chi connectivity index (χ0v) is 10.2. The maximum Gasteiger partial charge on any atom is 0.331 e. The highest BCUT2D eigenvalue weighted by Crippen LogP contribution is 2.50. The van der Waals surface area contributed by atoms with Crippen LogP contribution >= 0.6 is 0 Å². The number of carboxylic acid groups (broad SMARTS) is 1. The molecule has 2 aliphatic rings. The van der Waals surface area contributed by atoms with Gasteiger partial charge in [-0.2, -0.15) is 0 Å². The second-order valence-corrected chi connectivity index (χ2v) is 5.72. The average Bonchev–Trinajstić information content (AvgIpc) is 2.26. The van der Waals surface area contributed by atoms with E-state index < -0.39 is 5.97 Å². The summed E-state index contributed by atoms with van der Waals surface area (Å²) < 4.78 is 0. The van der Waals surface area contributed by atoms with Crippen molar-refractivity contribution in [2.24, 2.45) is 17.3 Å². The average molecular weight is 236 g/mol. The fourth-order valence-corrected chi connectivity index (χ4v) is 3.26. The molecule has 0 aromatic carbocycles. The minimum absolute atomic E-state index is 0.0884. The van der Waals surface area contributed by atoms with Crippen molar-refractivity contribution in [3.63, 3.8) is 0 Å². The lowest BCUT2D eigenvalue weighted by Crippen LogP contribution is -2.39. The monoisotopic (exact) mass is 236 g/mol. The van der Waals surface area contributed by atoms with E-state index in [1.807, 2.05) is 6.08 Å². The molecule has 0 heterocycles. The fraction of sp³-hybridized carbons (Fsp3) is 0.643. The van der Waals surface area contributed by atoms with Crippen LogP contribution in [0.3, 0.4) is 0 Å². The normalized spacial score (nSPS) is 40.7. The van der Waals surface area contributed by atoms with Crippen LogP contribution in [0.25, 0.3) is 0 Å². The van der Waals surface area contributed by atoms with Gasteiger partial charge < -0.3 is 10.2 Å². The van der Waals surface area contributed by atoms with Crippen LogP contribution in [0.4, 0.5) is 0 Å². The van der Waals surface area contributed by atoms with Gasteiger partial charge in [-0.25, -0.2) is 4.79 Å². The van der Waals surface area contributed by atoms with E-state index in [-0.39, 0.29) is 17.4 Å². The Labute approximate surface area is 102 Å². The molecule has 2 aliphatic carbocycles. The minimum atomic E-state index is -0.876. The Morgan fingerprint density at radius 3 is 2.82 bits per heavy atom. The van der Waals surface area contributed by atoms with Crippen molar-refractivity contribution in [1.29, 1.82) is 0 Å². The van der Waals surface area contributed by atoms with Crippen molar-refractivity contribution in [1.82, 2.24) is 0 Å². The number of carboxylic acids is 1. The highest BCUT2D eigenvalue weighted by molar-refractivity contribution is 5.86. The van der Waals surface area contributed by atoms with Gasteiger partial charge in [0.25, 0.3) is 0 Å². The van der Waals surface area contributed by atoms with E-state index in [4.69, 9.17) is 5.11 Å². The fourth-order valence-electron chi connectivity index (χ4n) is 3.26. The quantitative estimate of drug-likeness (QED) is 0.571. The van der Waals surface area contributed by atoms with Crippen LogP contribution in [0.2, 0.25) is 0 Å². The molecule has 3 nitrogen and oxygen atoms in total. The van der Waals surface area contributed by atoms with E-state index in [0.29, 0.717) is 11.5 Å². The van der Waals surface area contributed by atoms with Crippen molar-refractivity contribution in [2.45, 2.75) is 38.7 Å². The van der Waals surface area contributed by atoms with Crippen LogP contribution in [0.15, 0.2) is 24.3 Å². The minimum Gasteiger partial charge on any atom is -0.478 e. The van der Waals surface area contributed by atoms with Gasteiger partial charge in [-0.05, 0) is 42.9 Å². The van der Waals surface area contributed by atoms with Crippen LogP contribution in [0, 0.1) is 17.3 Å². The summed E-state index contributed by atoms with van der Waals surface area (Å²) in [6, 6.07) is 0. The molecule has 0 saturated heterocycles. The third-order valence-corrected chi connectivity index (χ3v) is 4.51. The van der Waals surface area contributed by atoms with Crippen molar-refractivity contribution < 1.29 is 15.0 Å². The number of rotatable bonds is 2. The van der Waals surface area contributed by atoms with Crippen molar-refractivity contribution in [3.05, 3.63) is 24.3 Å². The zero-order valence-electron chi connectivity index (χ0n) is 10.2. The van der Waals surface area contributed by atoms with Gasteiger partial charge in [0, 0.05) is 5.57 Å². The lowest BCUT2D eigenvalue weighted by molar-refractivity contribution is -0.133. The number of hydrogen-bond acceptors (Lipinski definition) is 2. The predicted octanol–water partition coefficient (Wildman–Crippen LogP) is 2.37. The molecule has 1 fully saturated rings. The third-order valence-electron chi connectivity index (χ3n) is 4.51. The zero-order chi connectivity index (χ0) is 12.6. The largest absolute Gasteiger partial charge is 0.478 e. The van der Waals surface area contributed by atoms with E-state index in [2.05, 4.69) is 19.6 Å². The lowest BCUT2D eigenvalue weighted by atomic mass is 9.59. The molecule has 4 atom stereocenters. The first kappa shape index (κ1) is 12.4. The van der Waals surface area contributed by atoms with Crippen LogP contribution in [0.5, 0.6) is 0 Å². The Bertz CT molecular complexity index is 372. The van der Waals surface area contributed by atoms with Crippen molar-refractivity contribution >= 4 is 5.97 Å². The summed E-state index contributed by atoms with van der Waals surface area (Å²) in [6.45, 7) is 5.88. The van der Waals surface area contributed by atoms with Gasteiger partial charge in [-0.3, -0.25) is 0 Å². The van der Waals surface area contributed by atoms with Gasteiger partial charge >= 0.3 is 5.97 Å². The number of hydrogen-bond donors (Lipinski definition) is 2. The van der Waals surface area contributed by atoms with Gasteiger partial charge in [-0.15, -0.1) is 0 Å². The Kier molecular flexibility index (Phi) is 3.13. The number of aliphatic hydroxyl groups excluding tert-OH is 1. The summed E-state index contributed by atoms with van der Waals surface area (Å²) in [7, 11) is 0. The first-order chi connectivity index (χ1) is 7.92. The van der Waals surface area contributed by atoms with Crippen LogP contribution in [0.1, 0.15) is 32.6 Å². The predicted molar refractivity (Wildman–Crippen MR) is 65.5 cm³/mol. The number of carbonyl (C=O) groups is 1. The molecule has 0 unspecified atom stereocenters. The number of allylic oxidation sites excluding steroid dienone is 1. The summed E-state index contributed by atoms with van der Waals surface area (Å²) in [4.78, 5) is 10.9. The Hall–Kier alpha value is -1.09. The van der Waals surface area contributed by atoms with Crippen LogP contribution in [-0.4, -0.2) is 22.3 Å². The van der Waals surface area contributed by atoms with Crippen LogP contribution < -0.4 is 0 Å². The number of fused-ring (bicyclic) bond motifs is 1. The van der Waals surface area contributed by atoms with Crippen LogP contribution in [-0.2, 0) is 4.79 Å². The SMILES string of the molecule is C=C(C(=O)O)[C@@H]1CC[C@@]2(C)C[C@@H](O)C=C[C@@H]2C1. The first-order valence-corrected chi connectivity index (χ1v) is 6.21. The highest BCUT2D eigenvalue weighted by Gasteiger charge is 2.42. The summed E-state index contributed by atoms with van der Waals surface area (Å²) in [5, 5.41) is 18.7. The van der Waals surface area contributed by atoms with Crippen molar-refractivity contribution in [3.8, 4) is 0 Å². The summed E-state index contributed by atoms with van der Waals surface area (Å²) >= 11 is 0. The Morgan fingerprint density at radius 1 is 1.47 bits per heavy atom. The van der Waals surface area contributed by atoms with E-state index in [1.54, 1.807) is 0 Å². The second-order valence-electron chi connectivity index (χ2n) is 5.72. The Balaban J connectivity index is 2.12. The summed E-state index contributed by atoms with van der Waals surface area (Å²) in [6.07, 6.45) is 7.06. The molecule has 0 aliphatic heterocycles. The number of aliphatic carboxylic acids is 1. The van der Waals surface area contributed by atoms with Gasteiger partial charge in [-0.1, -0.05) is 25.7 Å². The van der Waals surface area contributed by atoms with E-state index >= 15 is 0 Å². The molecule has 17 heavy (non-hydrogen) atoms. The molecule has 0 bridgehead atoms. The molecule has 0 radical (unpaired) electrons. The van der Waals surface area contributed by atoms with E-state index in [9.17, 15) is 9.90 Å². The molecule has 3 heteroatoms. The summed E-state index contributed by atoms with van der Waals surface area (Å²) in [5.74, 6) is -0.412. The first-order valence-electron chi connectivity index (χ1n) is 6.21. The molecule has 94 valence electrons. The van der Waals surface area contributed by atoms with E-state index in [0.717, 1.165) is 25.7 Å². The maximum absolute atomic E-state index is 10.9. The van der Waals surface area contributed by atoms with Crippen molar-refractivity contribution in [2.75, 3.05) is 0 Å². The smallest absolute Gasteiger partial charge is 0.331 e. The molecule has 0 amide bonds. The molecule has 2 N–H and O–H groups in total. The molecule has 0 aromatic heterocycles. The molecule has 2 rings (SSSR count). The molecular formula is C14H20O3. The molecular weight excluding hydrogens is 216 g/mol. The molecule has 0 spiro atoms. The highest BCUT2D eigenvalue weighted by atomic mass is 16.4. The third kappa shape index (κ3) is 2.29. The van der Waals surface area contributed by atoms with Gasteiger partial charge in [0.05, 0.1) is 6.10 Å². The standard InChI is InChI=1S/C14H20O3/c1-9(13(16)17)10-5-6-14(2)8-12(15)4-3-11(14)7-10/h3-4,10-12,15H,1,5-8H2,2H3,(H,16,17)/t10-,11-,12+,14+/m1/s1. The number of aliphatic hydroxyl groups is 1. The van der Waals surface area contributed by atoms with Gasteiger partial charge in [0.15, 0.2) is 0 Å².